The number of fused-ring (bicyclic) bond motifs is 1. The van der Waals surface area contributed by atoms with Crippen LogP contribution in [0.4, 0.5) is 8.78 Å². The Bertz CT molecular complexity index is 1050. The molecule has 2 aromatic heterocycles. The number of ether oxygens (including phenoxy) is 2. The molecule has 0 bridgehead atoms. The lowest BCUT2D eigenvalue weighted by Crippen LogP contribution is -2.46. The van der Waals surface area contributed by atoms with Crippen molar-refractivity contribution in [2.75, 3.05) is 26.3 Å². The number of aromatic hydroxyl groups is 1. The van der Waals surface area contributed by atoms with Crippen LogP contribution in [0.1, 0.15) is 35.1 Å². The van der Waals surface area contributed by atoms with Crippen LogP contribution in [0.5, 0.6) is 5.88 Å². The van der Waals surface area contributed by atoms with Crippen molar-refractivity contribution in [3.63, 3.8) is 0 Å². The second-order valence-corrected chi connectivity index (χ2v) is 8.37. The van der Waals surface area contributed by atoms with E-state index in [0.717, 1.165) is 6.07 Å². The molecule has 2 fully saturated rings. The van der Waals surface area contributed by atoms with Crippen molar-refractivity contribution in [3.05, 3.63) is 46.1 Å². The quantitative estimate of drug-likeness (QED) is 0.700. The van der Waals surface area contributed by atoms with Crippen LogP contribution in [0, 0.1) is 18.6 Å². The largest absolute Gasteiger partial charge is 0.492 e. The lowest BCUT2D eigenvalue weighted by Gasteiger charge is -2.41. The van der Waals surface area contributed by atoms with Crippen molar-refractivity contribution < 1.29 is 23.4 Å². The van der Waals surface area contributed by atoms with E-state index < -0.39 is 23.5 Å². The molecule has 2 aliphatic rings. The molecule has 0 unspecified atom stereocenters. The molecule has 3 aromatic rings. The Balaban J connectivity index is 1.54. The van der Waals surface area contributed by atoms with Gasteiger partial charge in [0.15, 0.2) is 17.4 Å². The molecule has 1 atom stereocenters. The molecule has 0 saturated carbocycles. The monoisotopic (exact) mass is 422 g/mol. The molecule has 0 radical (unpaired) electrons. The number of aromatic nitrogens is 3. The van der Waals surface area contributed by atoms with Gasteiger partial charge in [0.1, 0.15) is 5.82 Å². The third-order valence-corrected chi connectivity index (χ3v) is 6.62. The molecule has 10 heteroatoms. The van der Waals surface area contributed by atoms with Crippen molar-refractivity contribution in [3.8, 4) is 5.88 Å². The number of halogens is 2. The van der Waals surface area contributed by atoms with Crippen LogP contribution < -0.4 is 0 Å². The topological polar surface area (TPSA) is 72.1 Å². The molecular weight excluding hydrogens is 402 g/mol. The maximum Gasteiger partial charge on any atom is 0.230 e. The molecule has 1 N–H and O–H groups in total. The van der Waals surface area contributed by atoms with Gasteiger partial charge >= 0.3 is 0 Å². The highest BCUT2D eigenvalue weighted by Gasteiger charge is 2.42. The minimum absolute atomic E-state index is 0.0333. The highest BCUT2D eigenvalue weighted by molar-refractivity contribution is 7.17. The van der Waals surface area contributed by atoms with Gasteiger partial charge in [-0.25, -0.2) is 13.8 Å². The Kier molecular flexibility index (Phi) is 4.54. The van der Waals surface area contributed by atoms with Crippen LogP contribution in [-0.4, -0.2) is 56.7 Å². The summed E-state index contributed by atoms with van der Waals surface area (Å²) < 4.78 is 40.6. The summed E-state index contributed by atoms with van der Waals surface area (Å²) in [5.74, 6) is -1.86. The minimum Gasteiger partial charge on any atom is -0.492 e. The van der Waals surface area contributed by atoms with Crippen LogP contribution in [0.3, 0.4) is 0 Å². The highest BCUT2D eigenvalue weighted by atomic mass is 32.1. The standard InChI is InChI=1S/C19H20F2N4O3S/c1-11-22-18-25(23-11)17(26)16(29-18)15(12-2-3-13(20)14(21)10-12)24-6-4-19(5-7-24)27-8-9-28-19/h2-3,10,15,26H,4-9H2,1H3/t15-/m1/s1. The van der Waals surface area contributed by atoms with E-state index in [2.05, 4.69) is 15.0 Å². The van der Waals surface area contributed by atoms with E-state index in [1.54, 1.807) is 13.0 Å². The summed E-state index contributed by atoms with van der Waals surface area (Å²) in [4.78, 5) is 7.60. The first kappa shape index (κ1) is 18.9. The van der Waals surface area contributed by atoms with Crippen LogP contribution in [-0.2, 0) is 9.47 Å². The Morgan fingerprint density at radius 1 is 1.17 bits per heavy atom. The molecule has 154 valence electrons. The fourth-order valence-corrected chi connectivity index (χ4v) is 5.31. The van der Waals surface area contributed by atoms with Gasteiger partial charge in [-0.05, 0) is 24.6 Å². The molecule has 0 amide bonds. The van der Waals surface area contributed by atoms with E-state index in [1.165, 1.54) is 21.9 Å². The van der Waals surface area contributed by atoms with Gasteiger partial charge in [-0.3, -0.25) is 4.90 Å². The molecule has 1 aromatic carbocycles. The van der Waals surface area contributed by atoms with E-state index >= 15 is 0 Å². The zero-order valence-corrected chi connectivity index (χ0v) is 16.6. The number of thiazole rings is 1. The van der Waals surface area contributed by atoms with Gasteiger partial charge < -0.3 is 14.6 Å². The summed E-state index contributed by atoms with van der Waals surface area (Å²) >= 11 is 1.29. The first-order valence-electron chi connectivity index (χ1n) is 9.48. The van der Waals surface area contributed by atoms with E-state index in [9.17, 15) is 13.9 Å². The SMILES string of the molecule is Cc1nc2sc([C@@H](c3ccc(F)c(F)c3)N3CCC4(CC3)OCCO4)c(O)n2n1. The Hall–Kier alpha value is -2.14. The molecule has 4 heterocycles. The molecule has 5 rings (SSSR count). The average Bonchev–Trinajstić information content (AvgIpc) is 3.38. The van der Waals surface area contributed by atoms with Crippen molar-refractivity contribution in [2.45, 2.75) is 31.6 Å². The van der Waals surface area contributed by atoms with Crippen LogP contribution in [0.25, 0.3) is 4.96 Å². The maximum atomic E-state index is 14.0. The normalized spacial score (nSPS) is 20.7. The summed E-state index contributed by atoms with van der Waals surface area (Å²) in [5, 5.41) is 15.0. The van der Waals surface area contributed by atoms with Crippen molar-refractivity contribution in [1.82, 2.24) is 19.5 Å². The fourth-order valence-electron chi connectivity index (χ4n) is 4.15. The Morgan fingerprint density at radius 3 is 2.55 bits per heavy atom. The summed E-state index contributed by atoms with van der Waals surface area (Å²) in [6.07, 6.45) is 1.32. The number of benzene rings is 1. The number of likely N-dealkylation sites (tertiary alicyclic amines) is 1. The molecular formula is C19H20F2N4O3S. The van der Waals surface area contributed by atoms with E-state index in [1.807, 2.05) is 0 Å². The summed E-state index contributed by atoms with van der Waals surface area (Å²) in [7, 11) is 0. The highest BCUT2D eigenvalue weighted by Crippen LogP contribution is 2.43. The number of piperidine rings is 1. The second-order valence-electron chi connectivity index (χ2n) is 7.36. The van der Waals surface area contributed by atoms with Crippen LogP contribution in [0.15, 0.2) is 18.2 Å². The molecule has 2 saturated heterocycles. The molecule has 0 aliphatic carbocycles. The third kappa shape index (κ3) is 3.20. The van der Waals surface area contributed by atoms with Gasteiger partial charge in [-0.2, -0.15) is 4.52 Å². The molecule has 29 heavy (non-hydrogen) atoms. The lowest BCUT2D eigenvalue weighted by molar-refractivity contribution is -0.187. The van der Waals surface area contributed by atoms with E-state index in [4.69, 9.17) is 9.47 Å². The van der Waals surface area contributed by atoms with Crippen molar-refractivity contribution >= 4 is 16.3 Å². The number of rotatable bonds is 3. The predicted molar refractivity (Wildman–Crippen MR) is 101 cm³/mol. The molecule has 1 spiro atoms. The van der Waals surface area contributed by atoms with Crippen LogP contribution >= 0.6 is 11.3 Å². The average molecular weight is 422 g/mol. The minimum atomic E-state index is -0.918. The zero-order chi connectivity index (χ0) is 20.2. The first-order valence-corrected chi connectivity index (χ1v) is 10.3. The van der Waals surface area contributed by atoms with Gasteiger partial charge in [-0.1, -0.05) is 17.4 Å². The molecule has 7 nitrogen and oxygen atoms in total. The summed E-state index contributed by atoms with van der Waals surface area (Å²) in [5.41, 5.74) is 0.560. The van der Waals surface area contributed by atoms with E-state index in [-0.39, 0.29) is 5.88 Å². The lowest BCUT2D eigenvalue weighted by atomic mass is 9.97. The molecule has 2 aliphatic heterocycles. The van der Waals surface area contributed by atoms with Gasteiger partial charge in [-0.15, -0.1) is 5.10 Å². The first-order chi connectivity index (χ1) is 14.0. The van der Waals surface area contributed by atoms with Gasteiger partial charge in [0.05, 0.1) is 24.1 Å². The zero-order valence-electron chi connectivity index (χ0n) is 15.8. The smallest absolute Gasteiger partial charge is 0.230 e. The number of nitrogens with zero attached hydrogens (tertiary/aromatic N) is 4. The number of hydrogen-bond acceptors (Lipinski definition) is 7. The Labute approximate surface area is 169 Å². The number of hydrogen-bond donors (Lipinski definition) is 1. The number of aryl methyl sites for hydroxylation is 1. The summed E-state index contributed by atoms with van der Waals surface area (Å²) in [6, 6.07) is 3.40. The fraction of sp³-hybridized carbons (Fsp3) is 0.474. The van der Waals surface area contributed by atoms with Crippen molar-refractivity contribution in [2.24, 2.45) is 0 Å². The third-order valence-electron chi connectivity index (χ3n) is 5.55. The van der Waals surface area contributed by atoms with Gasteiger partial charge in [0.25, 0.3) is 0 Å². The van der Waals surface area contributed by atoms with Crippen LogP contribution in [0.2, 0.25) is 0 Å². The van der Waals surface area contributed by atoms with Gasteiger partial charge in [0.2, 0.25) is 10.8 Å². The van der Waals surface area contributed by atoms with Gasteiger partial charge in [0, 0.05) is 25.9 Å². The second kappa shape index (κ2) is 6.98. The Morgan fingerprint density at radius 2 is 1.90 bits per heavy atom. The van der Waals surface area contributed by atoms with E-state index in [0.29, 0.717) is 60.4 Å². The van der Waals surface area contributed by atoms with Crippen molar-refractivity contribution in [1.29, 1.82) is 0 Å². The summed E-state index contributed by atoms with van der Waals surface area (Å²) in [6.45, 7) is 4.16. The predicted octanol–water partition coefficient (Wildman–Crippen LogP) is 3.01. The maximum absolute atomic E-state index is 14.0.